The van der Waals surface area contributed by atoms with Gasteiger partial charge in [0.05, 0.1) is 56.6 Å². The van der Waals surface area contributed by atoms with Gasteiger partial charge < -0.3 is 90.9 Å². The molecule has 0 spiro atoms. The first-order valence-corrected chi connectivity index (χ1v) is 32.5. The number of aromatic nitrogens is 12. The minimum absolute atomic E-state index is 0.0193. The van der Waals surface area contributed by atoms with E-state index in [-0.39, 0.29) is 39.5 Å². The molecule has 20 atom stereocenters. The average Bonchev–Trinajstić information content (AvgIpc) is 1.97. The molecule has 4 fully saturated rings. The summed E-state index contributed by atoms with van der Waals surface area (Å²) in [6.45, 7) is 0.0437. The van der Waals surface area contributed by atoms with Crippen LogP contribution in [-0.2, 0) is 73.6 Å². The van der Waals surface area contributed by atoms with Gasteiger partial charge in [-0.25, -0.2) is 43.2 Å². The molecule has 0 saturated carbocycles. The van der Waals surface area contributed by atoms with Crippen LogP contribution in [0.5, 0.6) is 0 Å². The molecule has 4 saturated heterocycles. The van der Waals surface area contributed by atoms with Crippen LogP contribution >= 0.6 is 31.1 Å². The van der Waals surface area contributed by atoms with E-state index in [9.17, 15) is 77.4 Å². The second-order valence-electron chi connectivity index (χ2n) is 20.5. The Bertz CT molecular complexity index is 4000. The van der Waals surface area contributed by atoms with Gasteiger partial charge in [0.15, 0.2) is 35.1 Å². The van der Waals surface area contributed by atoms with Crippen molar-refractivity contribution in [2.45, 2.75) is 118 Å². The predicted molar refractivity (Wildman–Crippen MR) is 290 cm³/mol. The number of phosphoric acid groups is 3. The highest BCUT2D eigenvalue weighted by Gasteiger charge is 2.55. The monoisotopic (exact) mass is 1340 g/mol. The molecule has 18 N–H and O–H groups in total. The highest BCUT2D eigenvalue weighted by atomic mass is 31.2. The van der Waals surface area contributed by atoms with Crippen molar-refractivity contribution in [1.29, 1.82) is 0 Å². The van der Waals surface area contributed by atoms with E-state index in [1.807, 2.05) is 4.98 Å². The van der Waals surface area contributed by atoms with Gasteiger partial charge in [0.1, 0.15) is 103 Å². The van der Waals surface area contributed by atoms with E-state index in [1.165, 1.54) is 0 Å². The molecule has 43 nitrogen and oxygen atoms in total. The maximum atomic E-state index is 14.1. The van der Waals surface area contributed by atoms with Gasteiger partial charge in [0.2, 0.25) is 5.95 Å². The van der Waals surface area contributed by atoms with E-state index in [2.05, 4.69) is 44.9 Å². The molecule has 4 aliphatic rings. The molecule has 10 heterocycles. The van der Waals surface area contributed by atoms with Gasteiger partial charge >= 0.3 is 42.4 Å². The number of aliphatic hydroxyl groups is 4. The van der Waals surface area contributed by atoms with E-state index in [1.54, 1.807) is 13.8 Å². The van der Waals surface area contributed by atoms with Crippen LogP contribution in [0.15, 0.2) is 50.3 Å². The first-order chi connectivity index (χ1) is 41.7. The fourth-order valence-electron chi connectivity index (χ4n) is 9.99. The first kappa shape index (κ1) is 65.9. The van der Waals surface area contributed by atoms with Crippen molar-refractivity contribution in [2.75, 3.05) is 50.3 Å². The molecule has 10 rings (SSSR count). The zero-order valence-electron chi connectivity index (χ0n) is 45.9. The highest BCUT2D eigenvalue weighted by molar-refractivity contribution is 7.52. The lowest BCUT2D eigenvalue weighted by Crippen LogP contribution is -2.38. The number of nitrogen functional groups attached to an aromatic ring is 3. The summed E-state index contributed by atoms with van der Waals surface area (Å²) in [5.41, 5.74) is 12.5. The molecule has 4 aliphatic heterocycles. The number of anilines is 3. The van der Waals surface area contributed by atoms with Crippen molar-refractivity contribution in [3.8, 4) is 0 Å². The molecular weight excluding hydrogens is 1290 g/mol. The Morgan fingerprint density at radius 2 is 1.07 bits per heavy atom. The predicted octanol–water partition coefficient (Wildman–Crippen LogP) is -4.18. The number of fused-ring (bicyclic) bond motifs is 2. The van der Waals surface area contributed by atoms with Crippen LogP contribution in [0.25, 0.3) is 22.3 Å². The maximum absolute atomic E-state index is 14.1. The average molecular weight is 1340 g/mol. The van der Waals surface area contributed by atoms with Gasteiger partial charge in [-0.2, -0.15) is 9.97 Å². The van der Waals surface area contributed by atoms with Crippen LogP contribution in [0.4, 0.5) is 17.6 Å². The number of imidazole rings is 2. The number of rotatable bonds is 24. The zero-order valence-corrected chi connectivity index (χ0v) is 49.4. The number of nitrogens with one attached hydrogen (secondary N) is 4. The van der Waals surface area contributed by atoms with E-state index >= 15 is 0 Å². The molecule has 12 unspecified atom stereocenters. The molecule has 0 aliphatic carbocycles. The normalized spacial score (nSPS) is 31.7. The molecule has 488 valence electrons. The van der Waals surface area contributed by atoms with Crippen LogP contribution in [0, 0.1) is 0 Å². The van der Waals surface area contributed by atoms with Gasteiger partial charge in [0.25, 0.3) is 11.1 Å². The maximum Gasteiger partial charge on any atom is 0.472 e. The van der Waals surface area contributed by atoms with Crippen LogP contribution < -0.4 is 39.7 Å². The minimum Gasteiger partial charge on any atom is -0.387 e. The molecule has 47 heteroatoms. The number of aliphatic hydroxyl groups excluding tert-OH is 4. The summed E-state index contributed by atoms with van der Waals surface area (Å²) in [5.74, 6) is -0.927. The quantitative estimate of drug-likeness (QED) is 0.0256. The number of hydrogen-bond donors (Lipinski definition) is 15. The summed E-state index contributed by atoms with van der Waals surface area (Å²) < 4.78 is 123. The molecule has 0 amide bonds. The smallest absolute Gasteiger partial charge is 0.387 e. The summed E-state index contributed by atoms with van der Waals surface area (Å²) in [5, 5.41) is 46.3. The van der Waals surface area contributed by atoms with E-state index in [4.69, 9.17) is 72.6 Å². The largest absolute Gasteiger partial charge is 0.472 e. The van der Waals surface area contributed by atoms with Gasteiger partial charge in [-0.1, -0.05) is 0 Å². The third-order valence-corrected chi connectivity index (χ3v) is 17.3. The van der Waals surface area contributed by atoms with Gasteiger partial charge in [-0.15, -0.1) is 0 Å². The van der Waals surface area contributed by atoms with Crippen LogP contribution in [0.1, 0.15) is 49.9 Å². The summed E-state index contributed by atoms with van der Waals surface area (Å²) in [6, 6.07) is 1.90. The Balaban J connectivity index is 0.881. The fourth-order valence-corrected chi connectivity index (χ4v) is 13.6. The first-order valence-electron chi connectivity index (χ1n) is 26.0. The number of nitrogens with two attached hydrogens (primary N) is 3. The molecule has 6 aromatic rings. The zero-order chi connectivity index (χ0) is 64.4. The van der Waals surface area contributed by atoms with E-state index in [0.717, 1.165) is 46.9 Å². The lowest BCUT2D eigenvalue weighted by atomic mass is 10.1. The number of ether oxygens (including phenoxy) is 5. The molecule has 89 heavy (non-hydrogen) atoms. The van der Waals surface area contributed by atoms with E-state index < -0.39 is 196 Å². The SMILES string of the molecule is CC(C)OC[C@H]1O[C@@H](c2cc(=O)[nH]c(=O)[nH]2)C(O)C1OP(=O)(O)OC[C@H]1O[C@@H](c2cc(N)nc(=O)[nH]2)C(O)C1OP(=O)(O)OC[C@H]1O[C@@H](n2cnc3c(=O)[nH]c(N)nc32)C(O)C1OP(=O)(O)OC[C@H]1O[C@@H](n2cnc3c(N)ncnc32)C(O)C1OP(C)(=O)O. The Hall–Kier alpha value is -6.02. The summed E-state index contributed by atoms with van der Waals surface area (Å²) in [6.07, 6.45) is -27.2. The second-order valence-corrected chi connectivity index (χ2v) is 26.5. The number of hydrogen-bond acceptors (Lipinski definition) is 33. The van der Waals surface area contributed by atoms with Gasteiger partial charge in [-0.3, -0.25) is 64.9 Å². The third kappa shape index (κ3) is 14.7. The van der Waals surface area contributed by atoms with Crippen molar-refractivity contribution >= 4 is 71.0 Å². The van der Waals surface area contributed by atoms with Crippen LogP contribution in [0.3, 0.4) is 0 Å². The third-order valence-electron chi connectivity index (χ3n) is 13.7. The minimum atomic E-state index is -5.77. The summed E-state index contributed by atoms with van der Waals surface area (Å²) in [4.78, 5) is 126. The number of H-pyrrole nitrogens is 4. The van der Waals surface area contributed by atoms with E-state index in [0.29, 0.717) is 0 Å². The molecule has 6 aromatic heterocycles. The molecule has 0 radical (unpaired) electrons. The molecule has 0 bridgehead atoms. The van der Waals surface area contributed by atoms with Crippen LogP contribution in [-0.4, -0.2) is 211 Å². The Morgan fingerprint density at radius 1 is 0.584 bits per heavy atom. The second kappa shape index (κ2) is 25.6. The lowest BCUT2D eigenvalue weighted by molar-refractivity contribution is -0.0650. The van der Waals surface area contributed by atoms with Gasteiger partial charge in [-0.05, 0) is 13.8 Å². The van der Waals surface area contributed by atoms with Crippen LogP contribution in [0.2, 0.25) is 0 Å². The Labute approximate surface area is 494 Å². The standard InChI is InChI=1S/C42H57N15O28P4/c1-13(2)74-6-16-30(25(60)29(78-16)15-5-21(58)53-42(65)51-15)83-87(68,69)75-7-17-31(24(59)28(79-17)14-4-20(43)52-41(64)50-14)84-88(70,71)77-9-19-33(27(62)39(81-19)57-12-49-23-36(57)54-40(45)55-37(23)63)85-89(72,73)76-8-18-32(82-86(3,66)67)26(61)38(80-18)56-11-48-22-34(44)46-10-47-35(22)56/h4-5,10-13,16-19,24-33,38-39,59-62H,6-9H2,1-3H3,(H,66,67)(H,68,69)(H,70,71)(H,72,73)(H2,44,46,47)(H3,43,50,52,64)(H3,45,54,55,63)(H2,51,53,58,65)/t16-,17-,18-,19-,24?,25?,26?,27?,28+,29+,30?,31?,32?,33?,38-,39-/m1/s1. The summed E-state index contributed by atoms with van der Waals surface area (Å²) in [7, 11) is -21.4. The highest BCUT2D eigenvalue weighted by Crippen LogP contribution is 2.55. The van der Waals surface area contributed by atoms with Gasteiger partial charge in [0, 0.05) is 18.8 Å². The number of aromatic amines is 4. The van der Waals surface area contributed by atoms with Crippen molar-refractivity contribution in [2.24, 2.45) is 0 Å². The number of nitrogens with zero attached hydrogens (tertiary/aromatic N) is 8. The molecular formula is C42H57N15O28P4. The molecule has 0 aromatic carbocycles. The lowest BCUT2D eigenvalue weighted by Gasteiger charge is -2.27. The van der Waals surface area contributed by atoms with Crippen molar-refractivity contribution < 1.29 is 114 Å². The topological polar surface area (TPSA) is 638 Å². The summed E-state index contributed by atoms with van der Waals surface area (Å²) >= 11 is 0. The number of phosphoric ester groups is 3. The van der Waals surface area contributed by atoms with Crippen molar-refractivity contribution in [3.63, 3.8) is 0 Å². The fraction of sp³-hybridized carbons (Fsp3) is 0.571. The Kier molecular flexibility index (Phi) is 18.9. The van der Waals surface area contributed by atoms with Crippen molar-refractivity contribution in [1.82, 2.24) is 59.0 Å². The van der Waals surface area contributed by atoms with Crippen molar-refractivity contribution in [3.05, 3.63) is 84.2 Å². The Morgan fingerprint density at radius 3 is 1.58 bits per heavy atom.